The van der Waals surface area contributed by atoms with Crippen LogP contribution in [-0.2, 0) is 6.54 Å². The third kappa shape index (κ3) is 3.23. The zero-order valence-electron chi connectivity index (χ0n) is 10.8. The van der Waals surface area contributed by atoms with Crippen LogP contribution in [0.4, 0.5) is 15.8 Å². The highest BCUT2D eigenvalue weighted by Crippen LogP contribution is 2.29. The molecule has 0 amide bonds. The molecule has 0 unspecified atom stereocenters. The van der Waals surface area contributed by atoms with E-state index in [4.69, 9.17) is 4.74 Å². The third-order valence-corrected chi connectivity index (χ3v) is 2.80. The minimum Gasteiger partial charge on any atom is -0.496 e. The minimum absolute atomic E-state index is 0.0635. The van der Waals surface area contributed by atoms with E-state index in [1.807, 2.05) is 0 Å². The number of methoxy groups -OCH3 is 1. The molecule has 0 radical (unpaired) electrons. The van der Waals surface area contributed by atoms with E-state index in [2.05, 4.69) is 5.32 Å². The number of nitrogens with one attached hydrogen (secondary N) is 1. The van der Waals surface area contributed by atoms with Crippen LogP contribution < -0.4 is 10.1 Å². The summed E-state index contributed by atoms with van der Waals surface area (Å²) in [5, 5.41) is 14.0. The van der Waals surface area contributed by atoms with Crippen LogP contribution in [0.5, 0.6) is 5.75 Å². The number of hydrogen-bond acceptors (Lipinski definition) is 4. The first-order valence-electron chi connectivity index (χ1n) is 5.91. The van der Waals surface area contributed by atoms with E-state index in [0.717, 1.165) is 5.56 Å². The van der Waals surface area contributed by atoms with Gasteiger partial charge in [-0.05, 0) is 29.8 Å². The van der Waals surface area contributed by atoms with Crippen molar-refractivity contribution in [1.82, 2.24) is 0 Å². The fraction of sp³-hybridized carbons (Fsp3) is 0.143. The predicted molar refractivity (Wildman–Crippen MR) is 73.4 cm³/mol. The molecule has 2 aromatic carbocycles. The second-order valence-electron chi connectivity index (χ2n) is 4.12. The summed E-state index contributed by atoms with van der Waals surface area (Å²) in [6, 6.07) is 10.5. The van der Waals surface area contributed by atoms with Crippen molar-refractivity contribution in [2.24, 2.45) is 0 Å². The molecule has 20 heavy (non-hydrogen) atoms. The van der Waals surface area contributed by atoms with Gasteiger partial charge in [0.05, 0.1) is 18.1 Å². The monoisotopic (exact) mass is 276 g/mol. The van der Waals surface area contributed by atoms with Crippen molar-refractivity contribution in [3.05, 3.63) is 64.0 Å². The molecule has 1 N–H and O–H groups in total. The molecule has 0 aliphatic rings. The second-order valence-corrected chi connectivity index (χ2v) is 4.12. The van der Waals surface area contributed by atoms with E-state index in [0.29, 0.717) is 18.0 Å². The van der Waals surface area contributed by atoms with Crippen LogP contribution >= 0.6 is 0 Å². The molecule has 0 aromatic heterocycles. The molecule has 0 atom stereocenters. The Morgan fingerprint density at radius 2 is 1.95 bits per heavy atom. The molecule has 2 rings (SSSR count). The van der Waals surface area contributed by atoms with Gasteiger partial charge in [-0.1, -0.05) is 12.1 Å². The Kier molecular flexibility index (Phi) is 4.14. The summed E-state index contributed by atoms with van der Waals surface area (Å²) < 4.78 is 17.7. The first-order chi connectivity index (χ1) is 9.60. The molecular weight excluding hydrogens is 263 g/mol. The van der Waals surface area contributed by atoms with Gasteiger partial charge in [0.15, 0.2) is 0 Å². The highest BCUT2D eigenvalue weighted by molar-refractivity contribution is 5.64. The van der Waals surface area contributed by atoms with Gasteiger partial charge in [-0.2, -0.15) is 0 Å². The number of anilines is 1. The lowest BCUT2D eigenvalue weighted by Gasteiger charge is -2.08. The second kappa shape index (κ2) is 6.01. The van der Waals surface area contributed by atoms with Crippen molar-refractivity contribution < 1.29 is 14.1 Å². The molecule has 5 nitrogen and oxygen atoms in total. The number of nitrogens with zero attached hydrogens (tertiary/aromatic N) is 1. The van der Waals surface area contributed by atoms with Gasteiger partial charge in [-0.25, -0.2) is 4.39 Å². The van der Waals surface area contributed by atoms with Crippen LogP contribution in [0.15, 0.2) is 42.5 Å². The van der Waals surface area contributed by atoms with Gasteiger partial charge in [0.2, 0.25) is 0 Å². The summed E-state index contributed by atoms with van der Waals surface area (Å²) in [4.78, 5) is 10.5. The van der Waals surface area contributed by atoms with Crippen molar-refractivity contribution >= 4 is 11.4 Å². The quantitative estimate of drug-likeness (QED) is 0.671. The molecule has 104 valence electrons. The zero-order chi connectivity index (χ0) is 14.5. The van der Waals surface area contributed by atoms with Crippen LogP contribution in [-0.4, -0.2) is 12.0 Å². The average molecular weight is 276 g/mol. The normalized spacial score (nSPS) is 10.1. The number of rotatable bonds is 5. The van der Waals surface area contributed by atoms with Crippen LogP contribution in [0.3, 0.4) is 0 Å². The van der Waals surface area contributed by atoms with Gasteiger partial charge in [0.25, 0.3) is 5.69 Å². The lowest BCUT2D eigenvalue weighted by molar-refractivity contribution is -0.384. The fourth-order valence-electron chi connectivity index (χ4n) is 1.74. The van der Waals surface area contributed by atoms with Crippen LogP contribution in [0, 0.1) is 15.9 Å². The number of nitro benzene ring substituents is 1. The molecular formula is C14H13FN2O3. The summed E-state index contributed by atoms with van der Waals surface area (Å²) in [7, 11) is 1.45. The van der Waals surface area contributed by atoms with Gasteiger partial charge in [-0.3, -0.25) is 10.1 Å². The summed E-state index contributed by atoms with van der Waals surface area (Å²) >= 11 is 0. The number of nitro groups is 1. The summed E-state index contributed by atoms with van der Waals surface area (Å²) in [5.74, 6) is 0.105. The Morgan fingerprint density at radius 3 is 2.55 bits per heavy atom. The largest absolute Gasteiger partial charge is 0.496 e. The van der Waals surface area contributed by atoms with Crippen molar-refractivity contribution in [2.75, 3.05) is 12.4 Å². The highest BCUT2D eigenvalue weighted by atomic mass is 19.1. The standard InChI is InChI=1S/C14H13FN2O3/c1-20-12-6-7-13(14(8-12)17(18)19)16-9-10-2-4-11(15)5-3-10/h2-8,16H,9H2,1H3. The van der Waals surface area contributed by atoms with Crippen LogP contribution in [0.25, 0.3) is 0 Å². The Balaban J connectivity index is 2.16. The number of hydrogen-bond donors (Lipinski definition) is 1. The maximum atomic E-state index is 12.8. The SMILES string of the molecule is COc1ccc(NCc2ccc(F)cc2)c([N+](=O)[O-])c1. The molecule has 0 saturated carbocycles. The molecule has 0 bridgehead atoms. The minimum atomic E-state index is -0.477. The molecule has 0 spiro atoms. The molecule has 0 heterocycles. The molecule has 0 fully saturated rings. The summed E-state index contributed by atoms with van der Waals surface area (Å²) in [5.41, 5.74) is 1.16. The molecule has 0 aliphatic carbocycles. The number of benzene rings is 2. The van der Waals surface area contributed by atoms with Crippen LogP contribution in [0.1, 0.15) is 5.56 Å². The van der Waals surface area contributed by atoms with E-state index in [1.165, 1.54) is 25.3 Å². The van der Waals surface area contributed by atoms with Crippen molar-refractivity contribution in [1.29, 1.82) is 0 Å². The smallest absolute Gasteiger partial charge is 0.296 e. The summed E-state index contributed by atoms with van der Waals surface area (Å²) in [6.45, 7) is 0.369. The number of halogens is 1. The molecule has 0 aliphatic heterocycles. The summed E-state index contributed by atoms with van der Waals surface area (Å²) in [6.07, 6.45) is 0. The van der Waals surface area contributed by atoms with Crippen molar-refractivity contribution in [2.45, 2.75) is 6.54 Å². The Hall–Kier alpha value is -2.63. The average Bonchev–Trinajstić information content (AvgIpc) is 2.46. The maximum absolute atomic E-state index is 12.8. The van der Waals surface area contributed by atoms with Crippen molar-refractivity contribution in [3.8, 4) is 5.75 Å². The van der Waals surface area contributed by atoms with Gasteiger partial charge in [-0.15, -0.1) is 0 Å². The topological polar surface area (TPSA) is 64.4 Å². The van der Waals surface area contributed by atoms with E-state index in [-0.39, 0.29) is 11.5 Å². The fourth-order valence-corrected chi connectivity index (χ4v) is 1.74. The van der Waals surface area contributed by atoms with Gasteiger partial charge >= 0.3 is 0 Å². The molecule has 6 heteroatoms. The Labute approximate surface area is 115 Å². The Morgan fingerprint density at radius 1 is 1.25 bits per heavy atom. The van der Waals surface area contributed by atoms with E-state index in [1.54, 1.807) is 24.3 Å². The van der Waals surface area contributed by atoms with Gasteiger partial charge in [0.1, 0.15) is 17.3 Å². The van der Waals surface area contributed by atoms with Crippen LogP contribution in [0.2, 0.25) is 0 Å². The molecule has 2 aromatic rings. The lowest BCUT2D eigenvalue weighted by atomic mass is 10.2. The lowest BCUT2D eigenvalue weighted by Crippen LogP contribution is -2.03. The van der Waals surface area contributed by atoms with E-state index < -0.39 is 4.92 Å². The predicted octanol–water partition coefficient (Wildman–Crippen LogP) is 3.35. The van der Waals surface area contributed by atoms with Gasteiger partial charge in [0, 0.05) is 6.54 Å². The zero-order valence-corrected chi connectivity index (χ0v) is 10.8. The van der Waals surface area contributed by atoms with Crippen molar-refractivity contribution in [3.63, 3.8) is 0 Å². The van der Waals surface area contributed by atoms with E-state index in [9.17, 15) is 14.5 Å². The Bertz CT molecular complexity index is 614. The van der Waals surface area contributed by atoms with E-state index >= 15 is 0 Å². The highest BCUT2D eigenvalue weighted by Gasteiger charge is 2.14. The first-order valence-corrected chi connectivity index (χ1v) is 5.91. The number of ether oxygens (including phenoxy) is 1. The third-order valence-electron chi connectivity index (χ3n) is 2.80. The molecule has 0 saturated heterocycles. The van der Waals surface area contributed by atoms with Gasteiger partial charge < -0.3 is 10.1 Å². The first kappa shape index (κ1) is 13.8. The maximum Gasteiger partial charge on any atom is 0.296 e.